The molecule has 2 atom stereocenters. The predicted octanol–water partition coefficient (Wildman–Crippen LogP) is 2.65. The van der Waals surface area contributed by atoms with Crippen molar-refractivity contribution in [3.8, 4) is 0 Å². The quantitative estimate of drug-likeness (QED) is 0.737. The molecule has 0 N–H and O–H groups in total. The van der Waals surface area contributed by atoms with Crippen LogP contribution < -0.4 is 4.90 Å². The smallest absolute Gasteiger partial charge is 0.0949 e. The Bertz CT molecular complexity index is 393. The summed E-state index contributed by atoms with van der Waals surface area (Å²) in [6.45, 7) is 1.26. The topological polar surface area (TPSA) is 6.48 Å². The van der Waals surface area contributed by atoms with Gasteiger partial charge in [-0.3, -0.25) is 0 Å². The third-order valence-electron chi connectivity index (χ3n) is 3.78. The van der Waals surface area contributed by atoms with Crippen molar-refractivity contribution in [3.63, 3.8) is 0 Å². The Morgan fingerprint density at radius 1 is 1.25 bits per heavy atom. The number of likely N-dealkylation sites (N-methyl/N-ethyl adjacent to an activating group) is 2. The number of hydrogen-bond acceptors (Lipinski definition) is 3. The van der Waals surface area contributed by atoms with Gasteiger partial charge < -0.3 is 9.80 Å². The molecular formula is C13H18N2S. The van der Waals surface area contributed by atoms with Gasteiger partial charge in [0.05, 0.1) is 11.1 Å². The first-order valence-corrected chi connectivity index (χ1v) is 6.84. The van der Waals surface area contributed by atoms with Crippen molar-refractivity contribution in [1.82, 2.24) is 4.90 Å². The fraction of sp³-hybridized carbons (Fsp3) is 0.538. The zero-order chi connectivity index (χ0) is 11.1. The molecule has 0 aromatic heterocycles. The maximum atomic E-state index is 2.51. The number of nitrogens with zero attached hydrogens (tertiary/aromatic N) is 2. The van der Waals surface area contributed by atoms with Crippen LogP contribution in [-0.2, 0) is 0 Å². The maximum Gasteiger partial charge on any atom is 0.0949 e. The van der Waals surface area contributed by atoms with E-state index in [1.807, 2.05) is 11.8 Å². The van der Waals surface area contributed by atoms with Gasteiger partial charge in [0.2, 0.25) is 0 Å². The molecule has 1 saturated heterocycles. The summed E-state index contributed by atoms with van der Waals surface area (Å²) in [6.07, 6.45) is 2.69. The molecule has 3 heteroatoms. The highest BCUT2D eigenvalue weighted by atomic mass is 32.2. The summed E-state index contributed by atoms with van der Waals surface area (Å²) in [5.74, 6) is 0. The second-order valence-electron chi connectivity index (χ2n) is 4.78. The third-order valence-corrected chi connectivity index (χ3v) is 5.25. The van der Waals surface area contributed by atoms with E-state index in [9.17, 15) is 0 Å². The van der Waals surface area contributed by atoms with Crippen LogP contribution in [0.2, 0.25) is 0 Å². The van der Waals surface area contributed by atoms with Crippen LogP contribution in [0.15, 0.2) is 29.2 Å². The maximum absolute atomic E-state index is 2.51. The Kier molecular flexibility index (Phi) is 2.60. The van der Waals surface area contributed by atoms with E-state index in [4.69, 9.17) is 0 Å². The molecule has 0 amide bonds. The van der Waals surface area contributed by atoms with Crippen LogP contribution in [0.25, 0.3) is 0 Å². The fourth-order valence-corrected chi connectivity index (χ4v) is 4.35. The van der Waals surface area contributed by atoms with Crippen LogP contribution in [0.1, 0.15) is 12.8 Å². The molecule has 3 rings (SSSR count). The van der Waals surface area contributed by atoms with Crippen LogP contribution in [0, 0.1) is 0 Å². The van der Waals surface area contributed by atoms with Gasteiger partial charge in [0.1, 0.15) is 0 Å². The molecule has 1 aromatic carbocycles. The summed E-state index contributed by atoms with van der Waals surface area (Å²) >= 11 is 2.03. The van der Waals surface area contributed by atoms with Gasteiger partial charge in [-0.2, -0.15) is 0 Å². The van der Waals surface area contributed by atoms with Gasteiger partial charge >= 0.3 is 0 Å². The molecule has 2 nitrogen and oxygen atoms in total. The highest BCUT2D eigenvalue weighted by Gasteiger charge is 2.37. The lowest BCUT2D eigenvalue weighted by Crippen LogP contribution is -2.42. The molecule has 0 radical (unpaired) electrons. The average molecular weight is 234 g/mol. The van der Waals surface area contributed by atoms with Crippen LogP contribution in [0.3, 0.4) is 0 Å². The second kappa shape index (κ2) is 3.97. The number of thioether (sulfide) groups is 1. The number of fused-ring (bicyclic) bond motifs is 1. The van der Waals surface area contributed by atoms with Gasteiger partial charge in [-0.1, -0.05) is 23.9 Å². The van der Waals surface area contributed by atoms with Crippen molar-refractivity contribution in [1.29, 1.82) is 0 Å². The molecule has 2 aliphatic heterocycles. The monoisotopic (exact) mass is 234 g/mol. The van der Waals surface area contributed by atoms with Crippen LogP contribution in [0.4, 0.5) is 5.69 Å². The van der Waals surface area contributed by atoms with E-state index in [0.717, 1.165) is 0 Å². The molecule has 1 aromatic rings. The van der Waals surface area contributed by atoms with Gasteiger partial charge in [0.25, 0.3) is 0 Å². The summed E-state index contributed by atoms with van der Waals surface area (Å²) in [4.78, 5) is 6.40. The summed E-state index contributed by atoms with van der Waals surface area (Å²) in [6, 6.07) is 9.46. The van der Waals surface area contributed by atoms with E-state index >= 15 is 0 Å². The molecule has 0 bridgehead atoms. The summed E-state index contributed by atoms with van der Waals surface area (Å²) < 4.78 is 0. The number of hydrogen-bond donors (Lipinski definition) is 0. The number of para-hydroxylation sites is 1. The van der Waals surface area contributed by atoms with Gasteiger partial charge in [-0.15, -0.1) is 0 Å². The minimum Gasteiger partial charge on any atom is -0.360 e. The molecule has 86 valence electrons. The largest absolute Gasteiger partial charge is 0.360 e. The third kappa shape index (κ3) is 1.54. The molecule has 2 aliphatic rings. The van der Waals surface area contributed by atoms with Gasteiger partial charge in [0.15, 0.2) is 0 Å². The SMILES string of the molecule is CN1CCCC1C1Sc2ccccc2N1C. The zero-order valence-corrected chi connectivity index (χ0v) is 10.7. The molecule has 16 heavy (non-hydrogen) atoms. The van der Waals surface area contributed by atoms with Gasteiger partial charge in [0, 0.05) is 18.0 Å². The van der Waals surface area contributed by atoms with Crippen molar-refractivity contribution in [2.24, 2.45) is 0 Å². The number of likely N-dealkylation sites (tertiary alicyclic amines) is 1. The van der Waals surface area contributed by atoms with E-state index in [-0.39, 0.29) is 0 Å². The summed E-state index contributed by atoms with van der Waals surface area (Å²) in [7, 11) is 4.49. The molecular weight excluding hydrogens is 216 g/mol. The number of benzene rings is 1. The van der Waals surface area contributed by atoms with Crippen molar-refractivity contribution in [2.45, 2.75) is 29.2 Å². The van der Waals surface area contributed by atoms with Crippen LogP contribution >= 0.6 is 11.8 Å². The molecule has 2 unspecified atom stereocenters. The summed E-state index contributed by atoms with van der Waals surface area (Å²) in [5.41, 5.74) is 1.40. The highest BCUT2D eigenvalue weighted by molar-refractivity contribution is 8.00. The Labute approximate surface area is 102 Å². The van der Waals surface area contributed by atoms with Crippen molar-refractivity contribution >= 4 is 17.4 Å². The Morgan fingerprint density at radius 3 is 2.75 bits per heavy atom. The van der Waals surface area contributed by atoms with Crippen molar-refractivity contribution in [2.75, 3.05) is 25.5 Å². The Balaban J connectivity index is 1.86. The lowest BCUT2D eigenvalue weighted by molar-refractivity contribution is 0.304. The van der Waals surface area contributed by atoms with E-state index in [0.29, 0.717) is 11.4 Å². The first-order chi connectivity index (χ1) is 7.77. The van der Waals surface area contributed by atoms with E-state index in [1.165, 1.54) is 30.0 Å². The molecule has 0 aliphatic carbocycles. The Morgan fingerprint density at radius 2 is 2.06 bits per heavy atom. The van der Waals surface area contributed by atoms with E-state index in [1.54, 1.807) is 0 Å². The molecule has 2 heterocycles. The fourth-order valence-electron chi connectivity index (χ4n) is 2.83. The molecule has 0 saturated carbocycles. The van der Waals surface area contributed by atoms with Crippen LogP contribution in [0.5, 0.6) is 0 Å². The number of rotatable bonds is 1. The lowest BCUT2D eigenvalue weighted by atomic mass is 10.2. The average Bonchev–Trinajstić information content (AvgIpc) is 2.84. The van der Waals surface area contributed by atoms with Crippen molar-refractivity contribution < 1.29 is 0 Å². The zero-order valence-electron chi connectivity index (χ0n) is 9.89. The molecule has 0 spiro atoms. The Hall–Kier alpha value is -0.670. The van der Waals surface area contributed by atoms with Gasteiger partial charge in [-0.05, 0) is 38.6 Å². The van der Waals surface area contributed by atoms with E-state index in [2.05, 4.69) is 48.2 Å². The predicted molar refractivity (Wildman–Crippen MR) is 70.1 cm³/mol. The minimum absolute atomic E-state index is 0.602. The standard InChI is InChI=1S/C13H18N2S/c1-14-9-5-7-11(14)13-15(2)10-6-3-4-8-12(10)16-13/h3-4,6,8,11,13H,5,7,9H2,1-2H3. The molecule has 1 fully saturated rings. The van der Waals surface area contributed by atoms with E-state index < -0.39 is 0 Å². The first kappa shape index (κ1) is 10.5. The first-order valence-electron chi connectivity index (χ1n) is 5.96. The second-order valence-corrected chi connectivity index (χ2v) is 5.94. The minimum atomic E-state index is 0.602. The van der Waals surface area contributed by atoms with Crippen LogP contribution in [-0.4, -0.2) is 37.0 Å². The van der Waals surface area contributed by atoms with Gasteiger partial charge in [-0.25, -0.2) is 0 Å². The van der Waals surface area contributed by atoms with Crippen molar-refractivity contribution in [3.05, 3.63) is 24.3 Å². The summed E-state index contributed by atoms with van der Waals surface area (Å²) in [5, 5.41) is 0.602. The highest BCUT2D eigenvalue weighted by Crippen LogP contribution is 2.45. The number of anilines is 1. The normalized spacial score (nSPS) is 29.8. The lowest BCUT2D eigenvalue weighted by Gasteiger charge is -2.31.